The molecule has 2 aliphatic heterocycles. The van der Waals surface area contributed by atoms with Crippen molar-refractivity contribution in [2.24, 2.45) is 0 Å². The van der Waals surface area contributed by atoms with Gasteiger partial charge in [0.15, 0.2) is 5.82 Å². The van der Waals surface area contributed by atoms with Gasteiger partial charge in [0.05, 0.1) is 23.1 Å². The Hall–Kier alpha value is -6.05. The van der Waals surface area contributed by atoms with E-state index in [1.165, 1.54) is 14.7 Å². The Balaban J connectivity index is 1.11. The van der Waals surface area contributed by atoms with E-state index in [2.05, 4.69) is 32.9 Å². The van der Waals surface area contributed by atoms with Crippen molar-refractivity contribution < 1.29 is 23.0 Å². The van der Waals surface area contributed by atoms with Gasteiger partial charge in [-0.05, 0) is 143 Å². The van der Waals surface area contributed by atoms with Gasteiger partial charge in [-0.3, -0.25) is 23.4 Å². The Bertz CT molecular complexity index is 3060. The van der Waals surface area contributed by atoms with Crippen LogP contribution in [0.3, 0.4) is 0 Å². The second-order valence-corrected chi connectivity index (χ2v) is 20.7. The first-order chi connectivity index (χ1) is 29.7. The van der Waals surface area contributed by atoms with Gasteiger partial charge >= 0.3 is 11.4 Å². The number of carbonyl (C=O) groups is 1. The molecule has 0 spiro atoms. The van der Waals surface area contributed by atoms with Gasteiger partial charge in [0.2, 0.25) is 0 Å². The van der Waals surface area contributed by atoms with Crippen LogP contribution in [0.4, 0.5) is 4.39 Å². The maximum atomic E-state index is 15.4. The number of halogens is 1. The fourth-order valence-corrected chi connectivity index (χ4v) is 10.8. The normalized spacial score (nSPS) is 18.0. The number of hydrogen-bond donors (Lipinski definition) is 1. The third-order valence-electron chi connectivity index (χ3n) is 13.4. The van der Waals surface area contributed by atoms with Gasteiger partial charge in [-0.2, -0.15) is 5.10 Å². The molecule has 3 aromatic carbocycles. The summed E-state index contributed by atoms with van der Waals surface area (Å²) in [6.07, 6.45) is 7.75. The van der Waals surface area contributed by atoms with Crippen molar-refractivity contribution in [3.63, 3.8) is 0 Å². The number of aromatic amines is 1. The van der Waals surface area contributed by atoms with Crippen LogP contribution in [0.15, 0.2) is 87.2 Å². The van der Waals surface area contributed by atoms with Crippen LogP contribution in [-0.4, -0.2) is 77.5 Å². The van der Waals surface area contributed by atoms with Crippen molar-refractivity contribution in [3.05, 3.63) is 139 Å². The van der Waals surface area contributed by atoms with E-state index in [1.54, 1.807) is 80.7 Å². The molecule has 0 bridgehead atoms. The highest BCUT2D eigenvalue weighted by Gasteiger charge is 2.48. The number of H-pyrrole nitrogens is 1. The first-order valence-electron chi connectivity index (χ1n) is 21.2. The Labute approximate surface area is 356 Å². The molecular weight excluding hydrogens is 811 g/mol. The third kappa shape index (κ3) is 6.38. The summed E-state index contributed by atoms with van der Waals surface area (Å²) >= 11 is 0. The molecule has 14 nitrogen and oxygen atoms in total. The SMILES string of the molecule is Cc1cc(-n2nc3c(c2-n2ccn(-c4ccc(P(C)(C)=O)cc4)c2=O)[C@H](C)N(C(=O)c2cc4cc(C5CCOCC5)ccc4n2C2(c4noc(=O)[nH]4)CCC2)CC3)cc(C)c1F. The molecule has 4 aromatic heterocycles. The highest BCUT2D eigenvalue weighted by atomic mass is 31.2. The molecule has 62 heavy (non-hydrogen) atoms. The first kappa shape index (κ1) is 40.0. The number of imidazole rings is 1. The zero-order valence-electron chi connectivity index (χ0n) is 35.4. The van der Waals surface area contributed by atoms with E-state index >= 15 is 9.18 Å². The predicted molar refractivity (Wildman–Crippen MR) is 233 cm³/mol. The zero-order valence-corrected chi connectivity index (χ0v) is 36.2. The minimum Gasteiger partial charge on any atom is -0.381 e. The van der Waals surface area contributed by atoms with E-state index in [-0.39, 0.29) is 17.4 Å². The van der Waals surface area contributed by atoms with Crippen molar-refractivity contribution in [3.8, 4) is 17.2 Å². The number of carbonyl (C=O) groups excluding carboxylic acids is 1. The van der Waals surface area contributed by atoms with Crippen LogP contribution in [0.1, 0.15) is 95.2 Å². The molecule has 16 heteroatoms. The van der Waals surface area contributed by atoms with Crippen LogP contribution in [0, 0.1) is 19.7 Å². The fraction of sp³-hybridized carbons (Fsp3) is 0.370. The van der Waals surface area contributed by atoms with Crippen molar-refractivity contribution in [1.29, 1.82) is 0 Å². The number of ether oxygens (including phenoxy) is 1. The van der Waals surface area contributed by atoms with E-state index in [4.69, 9.17) is 14.4 Å². The van der Waals surface area contributed by atoms with Crippen molar-refractivity contribution in [1.82, 2.24) is 38.5 Å². The highest BCUT2D eigenvalue weighted by molar-refractivity contribution is 7.70. The van der Waals surface area contributed by atoms with Crippen LogP contribution in [0.2, 0.25) is 0 Å². The predicted octanol–water partition coefficient (Wildman–Crippen LogP) is 7.03. The summed E-state index contributed by atoms with van der Waals surface area (Å²) in [6, 6.07) is 18.3. The molecule has 10 rings (SSSR count). The Kier molecular flexibility index (Phi) is 9.56. The lowest BCUT2D eigenvalue weighted by molar-refractivity contribution is 0.0648. The highest BCUT2D eigenvalue weighted by Crippen LogP contribution is 2.48. The molecule has 320 valence electrons. The topological polar surface area (TPSA) is 155 Å². The lowest BCUT2D eigenvalue weighted by atomic mass is 9.75. The number of nitrogens with zero attached hydrogens (tertiary/aromatic N) is 7. The summed E-state index contributed by atoms with van der Waals surface area (Å²) in [5, 5.41) is 10.9. The second kappa shape index (κ2) is 14.8. The van der Waals surface area contributed by atoms with Crippen molar-refractivity contribution in [2.45, 2.75) is 76.8 Å². The smallest absolute Gasteiger partial charge is 0.381 e. The maximum Gasteiger partial charge on any atom is 0.438 e. The number of aromatic nitrogens is 7. The maximum absolute atomic E-state index is 15.4. The molecule has 1 aliphatic carbocycles. The van der Waals surface area contributed by atoms with Gasteiger partial charge in [0.1, 0.15) is 30.0 Å². The van der Waals surface area contributed by atoms with E-state index in [0.29, 0.717) is 95.6 Å². The molecule has 1 saturated carbocycles. The molecule has 1 amide bonds. The molecule has 7 aromatic rings. The standard InChI is InChI=1S/C46H48FN8O6P/c1-27-23-34(24-28(2)40(27)47)55-41(53-20-19-52(45(53)58)33-8-10-35(11-9-33)62(4,5)59)39-29(3)51(18-13-36(39)49-55)42(56)38-26-32-25-31(30-14-21-60-22-15-30)7-12-37(32)54(38)46(16-6-17-46)43-48-44(57)61-50-43/h7-12,19-20,23-26,29-30H,6,13-18,21-22H2,1-5H3,(H,48,50,57)/t29-/m0/s1. The molecule has 0 unspecified atom stereocenters. The average Bonchev–Trinajstić information content (AvgIpc) is 4.04. The van der Waals surface area contributed by atoms with Gasteiger partial charge < -0.3 is 18.8 Å². The minimum absolute atomic E-state index is 0.217. The molecule has 1 N–H and O–H groups in total. The average molecular weight is 859 g/mol. The first-order valence-corrected chi connectivity index (χ1v) is 23.8. The summed E-state index contributed by atoms with van der Waals surface area (Å²) in [5.41, 5.74) is 4.78. The van der Waals surface area contributed by atoms with E-state index < -0.39 is 24.5 Å². The zero-order chi connectivity index (χ0) is 43.2. The summed E-state index contributed by atoms with van der Waals surface area (Å²) in [7, 11) is -2.52. The lowest BCUT2D eigenvalue weighted by Crippen LogP contribution is -2.46. The van der Waals surface area contributed by atoms with Gasteiger partial charge in [-0.1, -0.05) is 11.2 Å². The van der Waals surface area contributed by atoms with Crippen LogP contribution >= 0.6 is 7.14 Å². The molecule has 6 heterocycles. The molecule has 1 saturated heterocycles. The quantitative estimate of drug-likeness (QED) is 0.160. The fourth-order valence-electron chi connectivity index (χ4n) is 9.89. The van der Waals surface area contributed by atoms with E-state index in [0.717, 1.165) is 35.9 Å². The van der Waals surface area contributed by atoms with Crippen LogP contribution in [0.5, 0.6) is 0 Å². The van der Waals surface area contributed by atoms with E-state index in [9.17, 15) is 14.2 Å². The molecule has 3 aliphatic rings. The molecule has 1 atom stereocenters. The van der Waals surface area contributed by atoms with E-state index in [1.807, 2.05) is 17.9 Å². The van der Waals surface area contributed by atoms with Gasteiger partial charge in [-0.25, -0.2) is 18.7 Å². The molecule has 2 fully saturated rings. The Morgan fingerprint density at radius 2 is 1.65 bits per heavy atom. The van der Waals surface area contributed by atoms with Gasteiger partial charge in [0, 0.05) is 60.3 Å². The summed E-state index contributed by atoms with van der Waals surface area (Å²) < 4.78 is 45.3. The van der Waals surface area contributed by atoms with Crippen LogP contribution in [0.25, 0.3) is 28.1 Å². The number of aryl methyl sites for hydroxylation is 2. The summed E-state index contributed by atoms with van der Waals surface area (Å²) in [6.45, 7) is 10.5. The number of benzene rings is 3. The van der Waals surface area contributed by atoms with Crippen molar-refractivity contribution in [2.75, 3.05) is 33.1 Å². The Morgan fingerprint density at radius 3 is 2.29 bits per heavy atom. The number of rotatable bonds is 8. The summed E-state index contributed by atoms with van der Waals surface area (Å²) in [4.78, 5) is 47.0. The number of fused-ring (bicyclic) bond motifs is 2. The number of hydrogen-bond acceptors (Lipinski definition) is 8. The van der Waals surface area contributed by atoms with Crippen LogP contribution in [-0.2, 0) is 21.3 Å². The monoisotopic (exact) mass is 858 g/mol. The lowest BCUT2D eigenvalue weighted by Gasteiger charge is -2.43. The largest absolute Gasteiger partial charge is 0.438 e. The van der Waals surface area contributed by atoms with Gasteiger partial charge in [0.25, 0.3) is 5.91 Å². The van der Waals surface area contributed by atoms with Crippen LogP contribution < -0.4 is 16.8 Å². The third-order valence-corrected chi connectivity index (χ3v) is 14.9. The number of nitrogens with one attached hydrogen (secondary N) is 1. The molecular formula is C46H48FN8O6P. The second-order valence-electron chi connectivity index (χ2n) is 17.5. The minimum atomic E-state index is -2.52. The summed E-state index contributed by atoms with van der Waals surface area (Å²) in [5.74, 6) is -0.0203. The van der Waals surface area contributed by atoms with Crippen molar-refractivity contribution >= 4 is 29.3 Å². The number of amides is 1. The Morgan fingerprint density at radius 1 is 0.935 bits per heavy atom. The molecule has 0 radical (unpaired) electrons. The van der Waals surface area contributed by atoms with Gasteiger partial charge in [-0.15, -0.1) is 0 Å².